The molecule has 0 unspecified atom stereocenters. The molecule has 1 amide bonds. The Hall–Kier alpha value is -3.25. The van der Waals surface area contributed by atoms with Crippen molar-refractivity contribution in [3.8, 4) is 5.75 Å². The Labute approximate surface area is 176 Å². The number of anilines is 1. The molecule has 30 heavy (non-hydrogen) atoms. The van der Waals surface area contributed by atoms with Gasteiger partial charge in [-0.2, -0.15) is 0 Å². The molecular formula is C24H25N3O3. The van der Waals surface area contributed by atoms with Crippen molar-refractivity contribution in [3.05, 3.63) is 83.4 Å². The lowest BCUT2D eigenvalue weighted by Gasteiger charge is -2.19. The Kier molecular flexibility index (Phi) is 5.50. The van der Waals surface area contributed by atoms with Crippen molar-refractivity contribution in [3.63, 3.8) is 0 Å². The number of rotatable bonds is 7. The van der Waals surface area contributed by atoms with E-state index in [1.54, 1.807) is 12.3 Å². The van der Waals surface area contributed by atoms with Crippen LogP contribution in [0, 0.1) is 19.8 Å². The average Bonchev–Trinajstić information content (AvgIpc) is 3.50. The normalized spacial score (nSPS) is 19.9. The third kappa shape index (κ3) is 4.04. The van der Waals surface area contributed by atoms with Gasteiger partial charge in [-0.25, -0.2) is 9.97 Å². The number of amides is 1. The van der Waals surface area contributed by atoms with Gasteiger partial charge in [-0.1, -0.05) is 42.5 Å². The number of hydrogen-bond acceptors (Lipinski definition) is 5. The third-order valence-corrected chi connectivity index (χ3v) is 5.66. The zero-order valence-electron chi connectivity index (χ0n) is 17.1. The van der Waals surface area contributed by atoms with Crippen LogP contribution in [0.4, 0.5) is 5.69 Å². The molecule has 3 aromatic rings. The first kappa shape index (κ1) is 20.0. The fourth-order valence-electron chi connectivity index (χ4n) is 3.88. The number of aliphatic hydroxyl groups excluding tert-OH is 1. The summed E-state index contributed by atoms with van der Waals surface area (Å²) in [4.78, 5) is 21.6. The number of aliphatic hydroxyl groups is 1. The molecular weight excluding hydrogens is 378 g/mol. The van der Waals surface area contributed by atoms with Gasteiger partial charge in [0.05, 0.1) is 31.0 Å². The minimum Gasteiger partial charge on any atom is -0.489 e. The summed E-state index contributed by atoms with van der Waals surface area (Å²) in [7, 11) is 0. The lowest BCUT2D eigenvalue weighted by Crippen LogP contribution is -2.26. The second-order valence-electron chi connectivity index (χ2n) is 7.78. The van der Waals surface area contributed by atoms with Crippen molar-refractivity contribution >= 4 is 11.6 Å². The van der Waals surface area contributed by atoms with Crippen LogP contribution in [0.25, 0.3) is 0 Å². The van der Waals surface area contributed by atoms with E-state index < -0.39 is 5.41 Å². The minimum atomic E-state index is -0.392. The van der Waals surface area contributed by atoms with Crippen LogP contribution in [0.15, 0.2) is 60.8 Å². The molecule has 0 bridgehead atoms. The van der Waals surface area contributed by atoms with Gasteiger partial charge in [0.15, 0.2) is 5.75 Å². The molecule has 6 heteroatoms. The number of aryl methyl sites for hydroxylation is 2. The van der Waals surface area contributed by atoms with Gasteiger partial charge >= 0.3 is 0 Å². The second-order valence-corrected chi connectivity index (χ2v) is 7.78. The predicted octanol–water partition coefficient (Wildman–Crippen LogP) is 3.56. The number of nitrogens with one attached hydrogen (secondary N) is 1. The predicted molar refractivity (Wildman–Crippen MR) is 114 cm³/mol. The van der Waals surface area contributed by atoms with Gasteiger partial charge in [0, 0.05) is 11.1 Å². The third-order valence-electron chi connectivity index (χ3n) is 5.66. The summed E-state index contributed by atoms with van der Waals surface area (Å²) in [5, 5.41) is 12.3. The first-order valence-corrected chi connectivity index (χ1v) is 10.0. The van der Waals surface area contributed by atoms with Gasteiger partial charge in [0.25, 0.3) is 0 Å². The molecule has 0 saturated heterocycles. The van der Waals surface area contributed by atoms with E-state index in [9.17, 15) is 9.90 Å². The van der Waals surface area contributed by atoms with Crippen molar-refractivity contribution in [2.24, 2.45) is 5.92 Å². The van der Waals surface area contributed by atoms with Gasteiger partial charge < -0.3 is 15.2 Å². The number of carbonyl (C=O) groups is 1. The van der Waals surface area contributed by atoms with Crippen molar-refractivity contribution in [2.45, 2.75) is 32.3 Å². The summed E-state index contributed by atoms with van der Waals surface area (Å²) >= 11 is 0. The van der Waals surface area contributed by atoms with Gasteiger partial charge in [-0.3, -0.25) is 4.79 Å². The van der Waals surface area contributed by atoms with Gasteiger partial charge in [-0.05, 0) is 43.5 Å². The van der Waals surface area contributed by atoms with Crippen molar-refractivity contribution in [1.29, 1.82) is 0 Å². The highest BCUT2D eigenvalue weighted by atomic mass is 16.5. The number of benzene rings is 2. The summed E-state index contributed by atoms with van der Waals surface area (Å²) in [5.41, 5.74) is 2.92. The summed E-state index contributed by atoms with van der Waals surface area (Å²) in [6.45, 7) is 4.05. The van der Waals surface area contributed by atoms with Crippen LogP contribution in [0.3, 0.4) is 0 Å². The van der Waals surface area contributed by atoms with Gasteiger partial charge in [0.2, 0.25) is 5.91 Å². The lowest BCUT2D eigenvalue weighted by atomic mass is 9.93. The SMILES string of the molecule is Cc1ncc(OC[C@@]2(c3ccccc3)C[C@H]2C(=O)Nc2cccc(CO)c2)c(C)n1. The highest BCUT2D eigenvalue weighted by molar-refractivity contribution is 5.96. The van der Waals surface area contributed by atoms with Gasteiger partial charge in [-0.15, -0.1) is 0 Å². The molecule has 1 aliphatic rings. The minimum absolute atomic E-state index is 0.0468. The molecule has 1 saturated carbocycles. The molecule has 1 aliphatic carbocycles. The number of nitrogens with zero attached hydrogens (tertiary/aromatic N) is 2. The molecule has 0 radical (unpaired) electrons. The van der Waals surface area contributed by atoms with E-state index in [4.69, 9.17) is 4.74 Å². The van der Waals surface area contributed by atoms with Crippen LogP contribution in [0.5, 0.6) is 5.75 Å². The Morgan fingerprint density at radius 3 is 2.73 bits per heavy atom. The molecule has 154 valence electrons. The number of hydrogen-bond donors (Lipinski definition) is 2. The van der Waals surface area contributed by atoms with Crippen LogP contribution in [-0.4, -0.2) is 27.6 Å². The Bertz CT molecular complexity index is 1050. The molecule has 2 aromatic carbocycles. The molecule has 1 aromatic heterocycles. The van der Waals surface area contributed by atoms with E-state index >= 15 is 0 Å². The highest BCUT2D eigenvalue weighted by Crippen LogP contribution is 2.55. The first-order chi connectivity index (χ1) is 14.5. The molecule has 4 rings (SSSR count). The zero-order chi connectivity index (χ0) is 21.1. The summed E-state index contributed by atoms with van der Waals surface area (Å²) in [5.74, 6) is 1.09. The van der Waals surface area contributed by atoms with Crippen LogP contribution < -0.4 is 10.1 Å². The fraction of sp³-hybridized carbons (Fsp3) is 0.292. The highest BCUT2D eigenvalue weighted by Gasteiger charge is 2.60. The molecule has 1 fully saturated rings. The van der Waals surface area contributed by atoms with E-state index in [2.05, 4.69) is 15.3 Å². The van der Waals surface area contributed by atoms with E-state index in [1.165, 1.54) is 0 Å². The topological polar surface area (TPSA) is 84.3 Å². The second kappa shape index (κ2) is 8.24. The van der Waals surface area contributed by atoms with E-state index in [0.29, 0.717) is 30.3 Å². The molecule has 2 atom stereocenters. The average molecular weight is 403 g/mol. The molecule has 1 heterocycles. The largest absolute Gasteiger partial charge is 0.489 e. The van der Waals surface area contributed by atoms with Crippen LogP contribution in [-0.2, 0) is 16.8 Å². The van der Waals surface area contributed by atoms with E-state index in [-0.39, 0.29) is 18.4 Å². The maximum absolute atomic E-state index is 13.0. The Morgan fingerprint density at radius 1 is 1.20 bits per heavy atom. The number of carbonyl (C=O) groups excluding carboxylic acids is 1. The molecule has 6 nitrogen and oxygen atoms in total. The lowest BCUT2D eigenvalue weighted by molar-refractivity contribution is -0.117. The van der Waals surface area contributed by atoms with Crippen LogP contribution >= 0.6 is 0 Å². The first-order valence-electron chi connectivity index (χ1n) is 10.0. The molecule has 0 spiro atoms. The van der Waals surface area contributed by atoms with Gasteiger partial charge in [0.1, 0.15) is 5.82 Å². The monoisotopic (exact) mass is 403 g/mol. The smallest absolute Gasteiger partial charge is 0.228 e. The number of ether oxygens (including phenoxy) is 1. The van der Waals surface area contributed by atoms with E-state index in [1.807, 2.05) is 62.4 Å². The zero-order valence-corrected chi connectivity index (χ0v) is 17.1. The van der Waals surface area contributed by atoms with E-state index in [0.717, 1.165) is 16.8 Å². The Morgan fingerprint density at radius 2 is 2.00 bits per heavy atom. The molecule has 2 N–H and O–H groups in total. The molecule has 0 aliphatic heterocycles. The maximum atomic E-state index is 13.0. The maximum Gasteiger partial charge on any atom is 0.228 e. The van der Waals surface area contributed by atoms with Crippen LogP contribution in [0.1, 0.15) is 29.1 Å². The van der Waals surface area contributed by atoms with Crippen molar-refractivity contribution in [2.75, 3.05) is 11.9 Å². The van der Waals surface area contributed by atoms with Crippen molar-refractivity contribution in [1.82, 2.24) is 9.97 Å². The standard InChI is InChI=1S/C24H25N3O3/c1-16-22(13-25-17(2)26-16)30-15-24(19-8-4-3-5-9-19)12-21(24)23(29)27-20-10-6-7-18(11-20)14-28/h3-11,13,21,28H,12,14-15H2,1-2H3,(H,27,29)/t21-,24+/m0/s1. The Balaban J connectivity index is 1.53. The summed E-state index contributed by atoms with van der Waals surface area (Å²) < 4.78 is 6.10. The number of aromatic nitrogens is 2. The fourth-order valence-corrected chi connectivity index (χ4v) is 3.88. The van der Waals surface area contributed by atoms with Crippen molar-refractivity contribution < 1.29 is 14.6 Å². The van der Waals surface area contributed by atoms with Crippen LogP contribution in [0.2, 0.25) is 0 Å². The summed E-state index contributed by atoms with van der Waals surface area (Å²) in [6.07, 6.45) is 2.39. The quantitative estimate of drug-likeness (QED) is 0.630. The summed E-state index contributed by atoms with van der Waals surface area (Å²) in [6, 6.07) is 17.3.